The number of hydrogen-bond acceptors (Lipinski definition) is 6. The minimum absolute atomic E-state index is 0.0925. The Morgan fingerprint density at radius 2 is 1.84 bits per heavy atom. The summed E-state index contributed by atoms with van der Waals surface area (Å²) >= 11 is 0. The monoisotopic (exact) mass is 463 g/mol. The van der Waals surface area contributed by atoms with E-state index >= 15 is 0 Å². The Hall–Kier alpha value is -2.19. The van der Waals surface area contributed by atoms with Gasteiger partial charge in [0.15, 0.2) is 0 Å². The summed E-state index contributed by atoms with van der Waals surface area (Å²) in [6, 6.07) is 7.67. The van der Waals surface area contributed by atoms with E-state index in [0.29, 0.717) is 24.8 Å². The molecule has 0 radical (unpaired) electrons. The van der Waals surface area contributed by atoms with Crippen LogP contribution < -0.4 is 4.18 Å². The van der Waals surface area contributed by atoms with Crippen LogP contribution >= 0.6 is 0 Å². The molecule has 0 bridgehead atoms. The predicted octanol–water partition coefficient (Wildman–Crippen LogP) is 4.00. The zero-order valence-corrected chi connectivity index (χ0v) is 20.6. The molecule has 8 heteroatoms. The van der Waals surface area contributed by atoms with Gasteiger partial charge < -0.3 is 14.0 Å². The highest BCUT2D eigenvalue weighted by Crippen LogP contribution is 2.18. The Bertz CT molecular complexity index is 879. The van der Waals surface area contributed by atoms with Gasteiger partial charge in [0.05, 0.1) is 11.7 Å². The number of aliphatic imine (C=N–C) groups is 1. The molecule has 0 unspecified atom stereocenters. The first-order chi connectivity index (χ1) is 15.2. The van der Waals surface area contributed by atoms with Crippen LogP contribution in [0.25, 0.3) is 0 Å². The maximum atomic E-state index is 12.0. The summed E-state index contributed by atoms with van der Waals surface area (Å²) in [4.78, 5) is 20.3. The van der Waals surface area contributed by atoms with Gasteiger partial charge in [-0.05, 0) is 77.2 Å². The topological polar surface area (TPSA) is 79.3 Å². The Labute approximate surface area is 193 Å². The first kappa shape index (κ1) is 26.1. The van der Waals surface area contributed by atoms with Crippen LogP contribution in [-0.4, -0.2) is 61.3 Å². The van der Waals surface area contributed by atoms with Crippen LogP contribution in [0.2, 0.25) is 0 Å². The number of benzene rings is 1. The standard InChI is InChI=1S/C24H37N3O4S/c1-5-15-26(16-6-7-17-27-18-14-25-13-12-24(27)28)21(4)19-22-8-10-23(11-9-22)31-32(29,30)20(2)3/h8-11,13-14,18,20-21H,5-7,12,15-17,19H2,1-4H3/t21-/m0/s1. The van der Waals surface area contributed by atoms with E-state index in [1.807, 2.05) is 12.1 Å². The van der Waals surface area contributed by atoms with Crippen LogP contribution in [0, 0.1) is 0 Å². The summed E-state index contributed by atoms with van der Waals surface area (Å²) < 4.78 is 29.0. The fraction of sp³-hybridized carbons (Fsp3) is 0.583. The lowest BCUT2D eigenvalue weighted by atomic mass is 10.0. The van der Waals surface area contributed by atoms with Crippen molar-refractivity contribution >= 4 is 22.2 Å². The third-order valence-corrected chi connectivity index (χ3v) is 7.08. The van der Waals surface area contributed by atoms with Gasteiger partial charge in [0, 0.05) is 31.2 Å². The van der Waals surface area contributed by atoms with Gasteiger partial charge in [0.25, 0.3) is 0 Å². The molecule has 0 spiro atoms. The first-order valence-corrected chi connectivity index (χ1v) is 12.9. The average Bonchev–Trinajstić information content (AvgIpc) is 2.95. The fourth-order valence-electron chi connectivity index (χ4n) is 3.53. The van der Waals surface area contributed by atoms with Gasteiger partial charge in [-0.2, -0.15) is 8.42 Å². The highest BCUT2D eigenvalue weighted by molar-refractivity contribution is 7.87. The second-order valence-electron chi connectivity index (χ2n) is 8.49. The number of amides is 1. The number of rotatable bonds is 13. The van der Waals surface area contributed by atoms with Gasteiger partial charge in [-0.3, -0.25) is 9.79 Å². The molecule has 1 heterocycles. The maximum absolute atomic E-state index is 12.0. The quantitative estimate of drug-likeness (QED) is 0.326. The van der Waals surface area contributed by atoms with E-state index in [1.165, 1.54) is 0 Å². The Balaban J connectivity index is 1.84. The summed E-state index contributed by atoms with van der Waals surface area (Å²) in [5.74, 6) is 0.443. The van der Waals surface area contributed by atoms with Gasteiger partial charge in [-0.25, -0.2) is 0 Å². The molecule has 0 saturated heterocycles. The highest BCUT2D eigenvalue weighted by atomic mass is 32.2. The Morgan fingerprint density at radius 1 is 1.12 bits per heavy atom. The van der Waals surface area contributed by atoms with Crippen molar-refractivity contribution in [2.24, 2.45) is 4.99 Å². The highest BCUT2D eigenvalue weighted by Gasteiger charge is 2.19. The molecule has 1 amide bonds. The fourth-order valence-corrected chi connectivity index (χ4v) is 4.10. The van der Waals surface area contributed by atoms with Crippen LogP contribution in [0.3, 0.4) is 0 Å². The Morgan fingerprint density at radius 3 is 2.50 bits per heavy atom. The minimum atomic E-state index is -3.58. The lowest BCUT2D eigenvalue weighted by Gasteiger charge is -2.29. The number of unbranched alkanes of at least 4 members (excludes halogenated alkanes) is 1. The van der Waals surface area contributed by atoms with Crippen molar-refractivity contribution in [1.82, 2.24) is 9.80 Å². The van der Waals surface area contributed by atoms with E-state index < -0.39 is 15.4 Å². The lowest BCUT2D eigenvalue weighted by molar-refractivity contribution is -0.127. The molecule has 0 N–H and O–H groups in total. The summed E-state index contributed by atoms with van der Waals surface area (Å²) in [5, 5.41) is -0.577. The average molecular weight is 464 g/mol. The van der Waals surface area contributed by atoms with Crippen LogP contribution in [0.5, 0.6) is 5.75 Å². The largest absolute Gasteiger partial charge is 0.382 e. The molecule has 7 nitrogen and oxygen atoms in total. The molecule has 178 valence electrons. The van der Waals surface area contributed by atoms with Gasteiger partial charge >= 0.3 is 10.1 Å². The second-order valence-corrected chi connectivity index (χ2v) is 10.6. The van der Waals surface area contributed by atoms with Crippen LogP contribution in [-0.2, 0) is 21.3 Å². The maximum Gasteiger partial charge on any atom is 0.311 e. The number of carbonyl (C=O) groups is 1. The molecule has 1 aromatic carbocycles. The molecule has 2 rings (SSSR count). The third-order valence-electron chi connectivity index (χ3n) is 5.50. The van der Waals surface area contributed by atoms with Crippen LogP contribution in [0.4, 0.5) is 0 Å². The Kier molecular flexibility index (Phi) is 10.4. The van der Waals surface area contributed by atoms with Gasteiger partial charge in [0.1, 0.15) is 5.75 Å². The molecular weight excluding hydrogens is 426 g/mol. The zero-order valence-electron chi connectivity index (χ0n) is 19.7. The van der Waals surface area contributed by atoms with Crippen molar-refractivity contribution in [2.45, 2.75) is 71.1 Å². The van der Waals surface area contributed by atoms with Crippen molar-refractivity contribution in [3.63, 3.8) is 0 Å². The lowest BCUT2D eigenvalue weighted by Crippen LogP contribution is -2.36. The van der Waals surface area contributed by atoms with E-state index in [-0.39, 0.29) is 5.91 Å². The van der Waals surface area contributed by atoms with Crippen molar-refractivity contribution in [3.05, 3.63) is 42.2 Å². The van der Waals surface area contributed by atoms with E-state index in [2.05, 4.69) is 23.7 Å². The predicted molar refractivity (Wildman–Crippen MR) is 129 cm³/mol. The molecule has 1 aromatic rings. The molecular formula is C24H37N3O4S. The number of carbonyl (C=O) groups excluding carboxylic acids is 1. The van der Waals surface area contributed by atoms with Crippen molar-refractivity contribution < 1.29 is 17.4 Å². The molecule has 0 aliphatic carbocycles. The van der Waals surface area contributed by atoms with Crippen LogP contribution in [0.15, 0.2) is 41.7 Å². The van der Waals surface area contributed by atoms with Gasteiger partial charge in [0.2, 0.25) is 5.91 Å². The molecule has 0 fully saturated rings. The third kappa shape index (κ3) is 8.39. The first-order valence-electron chi connectivity index (χ1n) is 11.5. The van der Waals surface area contributed by atoms with E-state index in [4.69, 9.17) is 4.18 Å². The smallest absolute Gasteiger partial charge is 0.311 e. The number of nitrogens with zero attached hydrogens (tertiary/aromatic N) is 3. The van der Waals surface area contributed by atoms with Crippen molar-refractivity contribution in [3.8, 4) is 5.75 Å². The van der Waals surface area contributed by atoms with Gasteiger partial charge in [-0.15, -0.1) is 0 Å². The summed E-state index contributed by atoms with van der Waals surface area (Å²) in [7, 11) is -3.58. The summed E-state index contributed by atoms with van der Waals surface area (Å²) in [6.45, 7) is 10.3. The van der Waals surface area contributed by atoms with Crippen LogP contribution in [0.1, 0.15) is 58.9 Å². The molecule has 0 saturated carbocycles. The molecule has 1 aliphatic rings. The summed E-state index contributed by atoms with van der Waals surface area (Å²) in [6.07, 6.45) is 9.35. The molecule has 1 aliphatic heterocycles. The number of hydrogen-bond donors (Lipinski definition) is 0. The van der Waals surface area contributed by atoms with Gasteiger partial charge in [-0.1, -0.05) is 19.1 Å². The van der Waals surface area contributed by atoms with E-state index in [0.717, 1.165) is 44.3 Å². The minimum Gasteiger partial charge on any atom is -0.382 e. The van der Waals surface area contributed by atoms with Crippen molar-refractivity contribution in [2.75, 3.05) is 19.6 Å². The van der Waals surface area contributed by atoms with E-state index in [9.17, 15) is 13.2 Å². The molecule has 0 aromatic heterocycles. The SMILES string of the molecule is CCCN(CCCCN1C=CN=CCC1=O)[C@@H](C)Cc1ccc(OS(=O)(=O)C(C)C)cc1. The van der Waals surface area contributed by atoms with E-state index in [1.54, 1.807) is 49.5 Å². The molecule has 1 atom stereocenters. The zero-order chi connectivity index (χ0) is 23.6. The molecule has 32 heavy (non-hydrogen) atoms. The summed E-state index contributed by atoms with van der Waals surface area (Å²) in [5.41, 5.74) is 1.15. The normalized spacial score (nSPS) is 15.4. The second kappa shape index (κ2) is 12.7. The van der Waals surface area contributed by atoms with Crippen molar-refractivity contribution in [1.29, 1.82) is 0 Å².